The quantitative estimate of drug-likeness (QED) is 0.894. The van der Waals surface area contributed by atoms with Gasteiger partial charge in [0.1, 0.15) is 5.75 Å². The Balaban J connectivity index is 2.28. The maximum Gasteiger partial charge on any atom is 0.387 e. The Morgan fingerprint density at radius 3 is 2.60 bits per heavy atom. The lowest BCUT2D eigenvalue weighted by molar-refractivity contribution is -0.0494. The normalized spacial score (nSPS) is 11.7. The molecule has 0 amide bonds. The molecule has 0 spiro atoms. The highest BCUT2D eigenvalue weighted by Gasteiger charge is 2.15. The van der Waals surface area contributed by atoms with E-state index in [2.05, 4.69) is 15.0 Å². The first-order valence-corrected chi connectivity index (χ1v) is 7.01. The predicted octanol–water partition coefficient (Wildman–Crippen LogP) is 4.62. The zero-order chi connectivity index (χ0) is 14.8. The number of benzene rings is 1. The number of nitrogens with zero attached hydrogens (tertiary/aromatic N) is 1. The standard InChI is InChI=1S/C14H16F2N2OS/c1-14(2,3)18-13-17-10(8-20-13)9-6-4-5-7-11(9)19-12(15)16/h4-8,12H,1-3H3,(H,17,18). The smallest absolute Gasteiger partial charge is 0.387 e. The lowest BCUT2D eigenvalue weighted by Crippen LogP contribution is -2.25. The summed E-state index contributed by atoms with van der Waals surface area (Å²) in [5, 5.41) is 5.82. The first-order chi connectivity index (χ1) is 9.35. The van der Waals surface area contributed by atoms with Crippen LogP contribution in [0.25, 0.3) is 11.3 Å². The molecule has 0 fully saturated rings. The molecule has 1 heterocycles. The molecular weight excluding hydrogens is 282 g/mol. The van der Waals surface area contributed by atoms with Crippen LogP contribution in [0.4, 0.5) is 13.9 Å². The Kier molecular flexibility index (Phi) is 4.23. The van der Waals surface area contributed by atoms with Gasteiger partial charge in [-0.3, -0.25) is 0 Å². The molecule has 2 aromatic rings. The van der Waals surface area contributed by atoms with Crippen LogP contribution >= 0.6 is 11.3 Å². The Bertz CT molecular complexity index is 579. The number of alkyl halides is 2. The molecule has 0 bridgehead atoms. The summed E-state index contributed by atoms with van der Waals surface area (Å²) in [5.74, 6) is 0.134. The van der Waals surface area contributed by atoms with E-state index in [0.717, 1.165) is 5.13 Å². The molecule has 0 saturated heterocycles. The first-order valence-electron chi connectivity index (χ1n) is 6.13. The van der Waals surface area contributed by atoms with Gasteiger partial charge in [0.05, 0.1) is 5.69 Å². The van der Waals surface area contributed by atoms with Crippen molar-refractivity contribution < 1.29 is 13.5 Å². The second kappa shape index (κ2) is 5.75. The summed E-state index contributed by atoms with van der Waals surface area (Å²) in [7, 11) is 0. The molecule has 2 rings (SSSR count). The van der Waals surface area contributed by atoms with Crippen LogP contribution in [0.15, 0.2) is 29.6 Å². The number of aromatic nitrogens is 1. The highest BCUT2D eigenvalue weighted by Crippen LogP contribution is 2.33. The lowest BCUT2D eigenvalue weighted by Gasteiger charge is -2.19. The number of nitrogens with one attached hydrogen (secondary N) is 1. The molecule has 20 heavy (non-hydrogen) atoms. The molecule has 0 aliphatic rings. The van der Waals surface area contributed by atoms with Crippen molar-refractivity contribution >= 4 is 16.5 Å². The van der Waals surface area contributed by atoms with Crippen LogP contribution in [0, 0.1) is 0 Å². The topological polar surface area (TPSA) is 34.2 Å². The van der Waals surface area contributed by atoms with Crippen LogP contribution in [0.3, 0.4) is 0 Å². The van der Waals surface area contributed by atoms with Crippen molar-refractivity contribution in [2.24, 2.45) is 0 Å². The Labute approximate surface area is 120 Å². The largest absolute Gasteiger partial charge is 0.434 e. The number of rotatable bonds is 4. The number of ether oxygens (including phenoxy) is 1. The molecule has 0 atom stereocenters. The van der Waals surface area contributed by atoms with E-state index >= 15 is 0 Å². The zero-order valence-electron chi connectivity index (χ0n) is 11.5. The predicted molar refractivity (Wildman–Crippen MR) is 77.6 cm³/mol. The molecular formula is C14H16F2N2OS. The molecule has 0 aliphatic heterocycles. The van der Waals surface area contributed by atoms with Crippen molar-refractivity contribution in [2.45, 2.75) is 32.9 Å². The van der Waals surface area contributed by atoms with E-state index in [1.807, 2.05) is 26.2 Å². The lowest BCUT2D eigenvalue weighted by atomic mass is 10.1. The summed E-state index contributed by atoms with van der Waals surface area (Å²) >= 11 is 1.43. The van der Waals surface area contributed by atoms with E-state index in [1.54, 1.807) is 18.2 Å². The molecule has 1 N–H and O–H groups in total. The third-order valence-corrected chi connectivity index (χ3v) is 3.12. The van der Waals surface area contributed by atoms with Crippen molar-refractivity contribution in [1.29, 1.82) is 0 Å². The average Bonchev–Trinajstić information content (AvgIpc) is 2.74. The van der Waals surface area contributed by atoms with Crippen molar-refractivity contribution in [2.75, 3.05) is 5.32 Å². The number of hydrogen-bond donors (Lipinski definition) is 1. The van der Waals surface area contributed by atoms with Gasteiger partial charge >= 0.3 is 6.61 Å². The summed E-state index contributed by atoms with van der Waals surface area (Å²) in [6.07, 6.45) is 0. The molecule has 0 radical (unpaired) electrons. The third kappa shape index (κ3) is 3.90. The van der Waals surface area contributed by atoms with Crippen molar-refractivity contribution in [3.8, 4) is 17.0 Å². The Hall–Kier alpha value is -1.69. The molecule has 108 valence electrons. The minimum atomic E-state index is -2.85. The minimum Gasteiger partial charge on any atom is -0.434 e. The van der Waals surface area contributed by atoms with E-state index < -0.39 is 6.61 Å². The second-order valence-electron chi connectivity index (χ2n) is 5.29. The molecule has 6 heteroatoms. The monoisotopic (exact) mass is 298 g/mol. The van der Waals surface area contributed by atoms with Crippen molar-refractivity contribution in [3.05, 3.63) is 29.6 Å². The fraction of sp³-hybridized carbons (Fsp3) is 0.357. The van der Waals surface area contributed by atoms with Gasteiger partial charge < -0.3 is 10.1 Å². The van der Waals surface area contributed by atoms with Crippen LogP contribution in [-0.2, 0) is 0 Å². The van der Waals surface area contributed by atoms with Gasteiger partial charge in [0.2, 0.25) is 0 Å². The van der Waals surface area contributed by atoms with E-state index in [4.69, 9.17) is 0 Å². The maximum absolute atomic E-state index is 12.4. The number of thiazole rings is 1. The Morgan fingerprint density at radius 2 is 1.95 bits per heavy atom. The molecule has 3 nitrogen and oxygen atoms in total. The summed E-state index contributed by atoms with van der Waals surface area (Å²) in [4.78, 5) is 4.42. The van der Waals surface area contributed by atoms with Gasteiger partial charge in [-0.15, -0.1) is 11.3 Å². The van der Waals surface area contributed by atoms with E-state index in [-0.39, 0.29) is 11.3 Å². The third-order valence-electron chi connectivity index (χ3n) is 2.37. The van der Waals surface area contributed by atoms with Gasteiger partial charge in [-0.1, -0.05) is 12.1 Å². The molecule has 1 aromatic carbocycles. The zero-order valence-corrected chi connectivity index (χ0v) is 12.3. The molecule has 0 saturated carbocycles. The van der Waals surface area contributed by atoms with Gasteiger partial charge in [0.25, 0.3) is 0 Å². The highest BCUT2D eigenvalue weighted by atomic mass is 32.1. The summed E-state index contributed by atoms with van der Waals surface area (Å²) in [5.41, 5.74) is 1.08. The van der Waals surface area contributed by atoms with E-state index in [1.165, 1.54) is 17.4 Å². The minimum absolute atomic E-state index is 0.103. The number of halogens is 2. The SMILES string of the molecule is CC(C)(C)Nc1nc(-c2ccccc2OC(F)F)cs1. The number of para-hydroxylation sites is 1. The van der Waals surface area contributed by atoms with Gasteiger partial charge in [0, 0.05) is 16.5 Å². The van der Waals surface area contributed by atoms with Crippen molar-refractivity contribution in [3.63, 3.8) is 0 Å². The van der Waals surface area contributed by atoms with Gasteiger partial charge in [0.15, 0.2) is 5.13 Å². The number of hydrogen-bond acceptors (Lipinski definition) is 4. The van der Waals surface area contributed by atoms with Crippen LogP contribution in [0.5, 0.6) is 5.75 Å². The fourth-order valence-corrected chi connectivity index (χ4v) is 2.57. The molecule has 0 aliphatic carbocycles. The van der Waals surface area contributed by atoms with Crippen LogP contribution < -0.4 is 10.1 Å². The number of anilines is 1. The highest BCUT2D eigenvalue weighted by molar-refractivity contribution is 7.14. The average molecular weight is 298 g/mol. The summed E-state index contributed by atoms with van der Waals surface area (Å²) in [6, 6.07) is 6.65. The van der Waals surface area contributed by atoms with Gasteiger partial charge in [-0.2, -0.15) is 8.78 Å². The maximum atomic E-state index is 12.4. The fourth-order valence-electron chi connectivity index (χ4n) is 1.65. The van der Waals surface area contributed by atoms with Crippen LogP contribution in [0.2, 0.25) is 0 Å². The van der Waals surface area contributed by atoms with Crippen LogP contribution in [-0.4, -0.2) is 17.1 Å². The van der Waals surface area contributed by atoms with E-state index in [9.17, 15) is 8.78 Å². The van der Waals surface area contributed by atoms with Gasteiger partial charge in [-0.05, 0) is 32.9 Å². The summed E-state index contributed by atoms with van der Waals surface area (Å²) in [6.45, 7) is 3.24. The summed E-state index contributed by atoms with van der Waals surface area (Å²) < 4.78 is 29.3. The van der Waals surface area contributed by atoms with Gasteiger partial charge in [-0.25, -0.2) is 4.98 Å². The second-order valence-corrected chi connectivity index (χ2v) is 6.15. The molecule has 1 aromatic heterocycles. The van der Waals surface area contributed by atoms with Crippen LogP contribution in [0.1, 0.15) is 20.8 Å². The molecule has 0 unspecified atom stereocenters. The Morgan fingerprint density at radius 1 is 1.25 bits per heavy atom. The van der Waals surface area contributed by atoms with Crippen molar-refractivity contribution in [1.82, 2.24) is 4.98 Å². The van der Waals surface area contributed by atoms with E-state index in [0.29, 0.717) is 11.3 Å². The first kappa shape index (κ1) is 14.7.